The van der Waals surface area contributed by atoms with E-state index in [0.29, 0.717) is 17.5 Å². The zero-order valence-electron chi connectivity index (χ0n) is 28.4. The summed E-state index contributed by atoms with van der Waals surface area (Å²) >= 11 is 0. The van der Waals surface area contributed by atoms with Crippen molar-refractivity contribution >= 4 is 43.6 Å². The van der Waals surface area contributed by atoms with Crippen molar-refractivity contribution in [3.05, 3.63) is 97.1 Å². The quantitative estimate of drug-likeness (QED) is 0.183. The molecule has 0 radical (unpaired) electrons. The number of hydrogen-bond acceptors (Lipinski definition) is 0. The lowest BCUT2D eigenvalue weighted by Gasteiger charge is -2.68. The van der Waals surface area contributed by atoms with E-state index in [4.69, 9.17) is 0 Å². The highest BCUT2D eigenvalue weighted by atomic mass is 15.0. The van der Waals surface area contributed by atoms with Crippen LogP contribution in [0.15, 0.2) is 97.1 Å². The van der Waals surface area contributed by atoms with Crippen LogP contribution in [0.25, 0.3) is 43.6 Å². The third kappa shape index (κ3) is 3.92. The van der Waals surface area contributed by atoms with Crippen LogP contribution in [0, 0.1) is 40.9 Å². The third-order valence-corrected chi connectivity index (χ3v) is 15.3. The van der Waals surface area contributed by atoms with Gasteiger partial charge >= 0.3 is 0 Å². The maximum absolute atomic E-state index is 2.77. The zero-order chi connectivity index (χ0) is 31.4. The average Bonchev–Trinajstić information content (AvgIpc) is 3.65. The number of aromatic nitrogens is 2. The highest BCUT2D eigenvalue weighted by molar-refractivity contribution is 6.09. The number of benzene rings is 4. The Kier molecular flexibility index (Phi) is 6.34. The number of fused-ring (bicyclic) bond motifs is 6. The van der Waals surface area contributed by atoms with Crippen molar-refractivity contribution in [2.24, 2.45) is 40.9 Å². The van der Waals surface area contributed by atoms with E-state index in [0.717, 1.165) is 35.5 Å². The fourth-order valence-corrected chi connectivity index (χ4v) is 14.0. The first kappa shape index (κ1) is 28.3. The van der Waals surface area contributed by atoms with Crippen molar-refractivity contribution in [1.82, 2.24) is 9.13 Å². The Morgan fingerprint density at radius 2 is 0.667 bits per heavy atom. The number of para-hydroxylation sites is 4. The largest absolute Gasteiger partial charge is 0.337 e. The van der Waals surface area contributed by atoms with Gasteiger partial charge in [-0.2, -0.15) is 0 Å². The summed E-state index contributed by atoms with van der Waals surface area (Å²) in [6, 6.07) is 38.1. The van der Waals surface area contributed by atoms with E-state index in [1.807, 2.05) is 0 Å². The second kappa shape index (κ2) is 10.7. The lowest BCUT2D eigenvalue weighted by molar-refractivity contribution is -0.187. The van der Waals surface area contributed by atoms with E-state index in [9.17, 15) is 0 Å². The summed E-state index contributed by atoms with van der Waals surface area (Å²) in [4.78, 5) is 0. The average molecular weight is 631 g/mol. The highest BCUT2D eigenvalue weighted by Crippen LogP contribution is 2.71. The van der Waals surface area contributed by atoms with Gasteiger partial charge in [-0.3, -0.25) is 0 Å². The molecule has 2 aromatic heterocycles. The Morgan fingerprint density at radius 3 is 1.00 bits per heavy atom. The molecule has 6 aliphatic rings. The van der Waals surface area contributed by atoms with Crippen LogP contribution in [0.2, 0.25) is 0 Å². The molecule has 0 aliphatic heterocycles. The molecule has 4 aromatic carbocycles. The molecule has 48 heavy (non-hydrogen) atoms. The van der Waals surface area contributed by atoms with E-state index in [2.05, 4.69) is 106 Å². The van der Waals surface area contributed by atoms with Crippen molar-refractivity contribution in [1.29, 1.82) is 0 Å². The van der Waals surface area contributed by atoms with Gasteiger partial charge in [0.2, 0.25) is 0 Å². The zero-order valence-corrected chi connectivity index (χ0v) is 28.4. The first-order valence-electron chi connectivity index (χ1n) is 19.7. The summed E-state index contributed by atoms with van der Waals surface area (Å²) < 4.78 is 5.53. The molecule has 6 aromatic rings. The monoisotopic (exact) mass is 630 g/mol. The van der Waals surface area contributed by atoms with Gasteiger partial charge in [0.05, 0.1) is 0 Å². The van der Waals surface area contributed by atoms with Gasteiger partial charge < -0.3 is 9.13 Å². The Hall–Kier alpha value is -3.52. The van der Waals surface area contributed by atoms with E-state index in [1.165, 1.54) is 95.0 Å². The van der Waals surface area contributed by atoms with Crippen molar-refractivity contribution in [3.63, 3.8) is 0 Å². The molecule has 0 unspecified atom stereocenters. The summed E-state index contributed by atoms with van der Waals surface area (Å²) in [5.41, 5.74) is 6.42. The van der Waals surface area contributed by atoms with E-state index < -0.39 is 0 Å². The number of nitrogens with zero attached hydrogens (tertiary/aromatic N) is 2. The van der Waals surface area contributed by atoms with Crippen LogP contribution in [-0.2, 0) is 0 Å². The topological polar surface area (TPSA) is 9.86 Å². The van der Waals surface area contributed by atoms with Crippen molar-refractivity contribution in [3.8, 4) is 0 Å². The predicted molar refractivity (Wildman–Crippen MR) is 200 cm³/mol. The molecule has 0 atom stereocenters. The van der Waals surface area contributed by atoms with Gasteiger partial charge in [-0.25, -0.2) is 0 Å². The summed E-state index contributed by atoms with van der Waals surface area (Å²) in [5, 5.41) is 5.75. The Morgan fingerprint density at radius 1 is 0.354 bits per heavy atom. The second-order valence-corrected chi connectivity index (χ2v) is 17.1. The van der Waals surface area contributed by atoms with Crippen molar-refractivity contribution in [2.75, 3.05) is 0 Å². The fraction of sp³-hybridized carbons (Fsp3) is 0.478. The molecule has 0 spiro atoms. The van der Waals surface area contributed by atoms with Crippen LogP contribution in [-0.4, -0.2) is 9.13 Å². The van der Waals surface area contributed by atoms with Gasteiger partial charge in [-0.05, 0) is 149 Å². The minimum atomic E-state index is 0.602. The van der Waals surface area contributed by atoms with Crippen molar-refractivity contribution in [2.45, 2.75) is 95.6 Å². The van der Waals surface area contributed by atoms with Crippen LogP contribution < -0.4 is 0 Å². The van der Waals surface area contributed by atoms with Crippen molar-refractivity contribution < 1.29 is 0 Å². The van der Waals surface area contributed by atoms with Gasteiger partial charge in [0.15, 0.2) is 0 Å². The van der Waals surface area contributed by atoms with Crippen LogP contribution in [0.1, 0.15) is 95.6 Å². The standard InChI is InChI=1S/C46H50N2/c1-5-13-42-38(9-1)39-10-2-6-14-43(39)47(42)36-21-17-32(18-22-36)46(34-26-30-25-31(28-34)29-35(46)27-30)33-19-23-37(24-20-33)48-44-15-7-3-11-40(44)41-12-4-8-16-45(41)48/h1-16,30-37H,17-29H2. The summed E-state index contributed by atoms with van der Waals surface area (Å²) in [6.07, 6.45) is 19.0. The molecule has 6 aliphatic carbocycles. The molecular weight excluding hydrogens is 581 g/mol. The first-order valence-corrected chi connectivity index (χ1v) is 19.7. The molecule has 0 amide bonds. The maximum atomic E-state index is 2.77. The van der Waals surface area contributed by atoms with Gasteiger partial charge in [0, 0.05) is 55.7 Å². The Labute approximate surface area is 285 Å². The van der Waals surface area contributed by atoms with Crippen LogP contribution >= 0.6 is 0 Å². The molecular formula is C46H50N2. The smallest absolute Gasteiger partial charge is 0.0493 e. The van der Waals surface area contributed by atoms with E-state index in [-0.39, 0.29) is 0 Å². The Bertz CT molecular complexity index is 1870. The van der Waals surface area contributed by atoms with Crippen LogP contribution in [0.3, 0.4) is 0 Å². The van der Waals surface area contributed by atoms with Gasteiger partial charge in [-0.15, -0.1) is 0 Å². The molecule has 6 fully saturated rings. The molecule has 12 rings (SSSR count). The van der Waals surface area contributed by atoms with Gasteiger partial charge in [-0.1, -0.05) is 72.8 Å². The lowest BCUT2D eigenvalue weighted by Crippen LogP contribution is -2.60. The number of rotatable bonds is 4. The minimum Gasteiger partial charge on any atom is -0.337 e. The summed E-state index contributed by atoms with van der Waals surface area (Å²) in [7, 11) is 0. The van der Waals surface area contributed by atoms with Crippen LogP contribution in [0.4, 0.5) is 0 Å². The SMILES string of the molecule is c1ccc2c(c1)c1ccccc1n2C1CCC(C2(C3CCC(n4c5ccccc5c5ccccc54)CC3)C3CC4CC(C3)CC2C4)CC1. The maximum Gasteiger partial charge on any atom is 0.0493 e. The minimum absolute atomic E-state index is 0.602. The molecule has 244 valence electrons. The second-order valence-electron chi connectivity index (χ2n) is 17.1. The summed E-state index contributed by atoms with van der Waals surface area (Å²) in [5.74, 6) is 5.93. The molecule has 0 N–H and O–H groups in total. The third-order valence-electron chi connectivity index (χ3n) is 15.3. The lowest BCUT2D eigenvalue weighted by atomic mass is 9.37. The fourth-order valence-electron chi connectivity index (χ4n) is 14.0. The van der Waals surface area contributed by atoms with Gasteiger partial charge in [0.1, 0.15) is 0 Å². The number of hydrogen-bond donors (Lipinski definition) is 0. The molecule has 2 heterocycles. The van der Waals surface area contributed by atoms with E-state index in [1.54, 1.807) is 32.1 Å². The van der Waals surface area contributed by atoms with Crippen LogP contribution in [0.5, 0.6) is 0 Å². The molecule has 4 bridgehead atoms. The first-order chi connectivity index (χ1) is 23.8. The molecule has 6 saturated carbocycles. The summed E-state index contributed by atoms with van der Waals surface area (Å²) in [6.45, 7) is 0. The van der Waals surface area contributed by atoms with E-state index >= 15 is 0 Å². The molecule has 2 nitrogen and oxygen atoms in total. The normalized spacial score (nSPS) is 34.9. The molecule has 0 saturated heterocycles. The Balaban J connectivity index is 0.919. The van der Waals surface area contributed by atoms with Gasteiger partial charge in [0.25, 0.3) is 0 Å². The molecule has 2 heteroatoms. The highest BCUT2D eigenvalue weighted by Gasteiger charge is 2.62. The predicted octanol–water partition coefficient (Wildman–Crippen LogP) is 12.5.